The Bertz CT molecular complexity index is 461. The molecule has 0 fully saturated rings. The maximum absolute atomic E-state index is 5.87. The Balaban J connectivity index is 2.94. The summed E-state index contributed by atoms with van der Waals surface area (Å²) >= 11 is 0. The van der Waals surface area contributed by atoms with Crippen molar-refractivity contribution in [1.29, 1.82) is 0 Å². The Kier molecular flexibility index (Phi) is 1.69. The van der Waals surface area contributed by atoms with E-state index in [9.17, 15) is 0 Å². The molecule has 2 heteroatoms. The number of aromatic nitrogens is 1. The van der Waals surface area contributed by atoms with Crippen molar-refractivity contribution >= 4 is 16.6 Å². The van der Waals surface area contributed by atoms with Gasteiger partial charge in [0.25, 0.3) is 0 Å². The Morgan fingerprint density at radius 1 is 1.23 bits per heavy atom. The summed E-state index contributed by atoms with van der Waals surface area (Å²) in [6.07, 6.45) is 1.75. The van der Waals surface area contributed by atoms with E-state index in [1.165, 1.54) is 11.1 Å². The Labute approximate surface area is 77.4 Å². The van der Waals surface area contributed by atoms with Gasteiger partial charge >= 0.3 is 0 Å². The third kappa shape index (κ3) is 1.24. The fraction of sp³-hybridized carbons (Fsp3) is 0.182. The number of benzene rings is 1. The monoisotopic (exact) mass is 172 g/mol. The third-order valence-corrected chi connectivity index (χ3v) is 2.22. The highest BCUT2D eigenvalue weighted by atomic mass is 14.7. The predicted molar refractivity (Wildman–Crippen MR) is 55.6 cm³/mol. The molecular weight excluding hydrogens is 160 g/mol. The zero-order valence-corrected chi connectivity index (χ0v) is 7.83. The first kappa shape index (κ1) is 8.05. The van der Waals surface area contributed by atoms with Crippen LogP contribution in [-0.2, 0) is 0 Å². The maximum Gasteiger partial charge on any atom is 0.0727 e. The lowest BCUT2D eigenvalue weighted by Gasteiger charge is -2.05. The molecule has 0 amide bonds. The van der Waals surface area contributed by atoms with E-state index in [1.54, 1.807) is 6.20 Å². The van der Waals surface area contributed by atoms with Gasteiger partial charge < -0.3 is 5.73 Å². The van der Waals surface area contributed by atoms with E-state index in [2.05, 4.69) is 31.0 Å². The van der Waals surface area contributed by atoms with Crippen LogP contribution in [0.5, 0.6) is 0 Å². The molecule has 0 aliphatic heterocycles. The van der Waals surface area contributed by atoms with Crippen molar-refractivity contribution in [3.63, 3.8) is 0 Å². The minimum atomic E-state index is 0.808. The van der Waals surface area contributed by atoms with Crippen LogP contribution in [0, 0.1) is 13.8 Å². The van der Waals surface area contributed by atoms with Crippen LogP contribution in [0.4, 0.5) is 5.69 Å². The lowest BCUT2D eigenvalue weighted by Crippen LogP contribution is -1.91. The van der Waals surface area contributed by atoms with Gasteiger partial charge in [-0.15, -0.1) is 0 Å². The molecule has 66 valence electrons. The van der Waals surface area contributed by atoms with Gasteiger partial charge in [-0.3, -0.25) is 4.98 Å². The molecule has 0 radical (unpaired) electrons. The van der Waals surface area contributed by atoms with Gasteiger partial charge in [0.05, 0.1) is 5.52 Å². The van der Waals surface area contributed by atoms with Gasteiger partial charge in [-0.1, -0.05) is 6.07 Å². The standard InChI is InChI=1S/C11H12N2/c1-7-5-8(2)11-9(12)3-4-13-10(11)6-7/h3-6H,1-2H3,(H2,12,13). The van der Waals surface area contributed by atoms with Crippen molar-refractivity contribution in [2.45, 2.75) is 13.8 Å². The summed E-state index contributed by atoms with van der Waals surface area (Å²) in [6.45, 7) is 4.13. The van der Waals surface area contributed by atoms with Crippen molar-refractivity contribution in [2.24, 2.45) is 0 Å². The summed E-state index contributed by atoms with van der Waals surface area (Å²) in [5, 5.41) is 1.08. The molecule has 1 heterocycles. The summed E-state index contributed by atoms with van der Waals surface area (Å²) < 4.78 is 0. The molecule has 0 spiro atoms. The van der Waals surface area contributed by atoms with Gasteiger partial charge in [0.2, 0.25) is 0 Å². The van der Waals surface area contributed by atoms with E-state index < -0.39 is 0 Å². The van der Waals surface area contributed by atoms with Gasteiger partial charge in [-0.2, -0.15) is 0 Å². The normalized spacial score (nSPS) is 10.6. The van der Waals surface area contributed by atoms with Gasteiger partial charge in [-0.05, 0) is 37.1 Å². The first-order valence-corrected chi connectivity index (χ1v) is 4.30. The van der Waals surface area contributed by atoms with Crippen molar-refractivity contribution in [1.82, 2.24) is 4.98 Å². The largest absolute Gasteiger partial charge is 0.398 e. The van der Waals surface area contributed by atoms with Crippen molar-refractivity contribution in [3.8, 4) is 0 Å². The van der Waals surface area contributed by atoms with Crippen molar-refractivity contribution in [2.75, 3.05) is 5.73 Å². The first-order valence-electron chi connectivity index (χ1n) is 4.30. The molecule has 0 unspecified atom stereocenters. The quantitative estimate of drug-likeness (QED) is 0.662. The summed E-state index contributed by atoms with van der Waals surface area (Å²) in [7, 11) is 0. The van der Waals surface area contributed by atoms with E-state index in [-0.39, 0.29) is 0 Å². The Morgan fingerprint density at radius 3 is 2.77 bits per heavy atom. The number of fused-ring (bicyclic) bond motifs is 1. The molecule has 13 heavy (non-hydrogen) atoms. The second-order valence-corrected chi connectivity index (χ2v) is 3.38. The third-order valence-electron chi connectivity index (χ3n) is 2.22. The van der Waals surface area contributed by atoms with Crippen LogP contribution in [0.1, 0.15) is 11.1 Å². The summed E-state index contributed by atoms with van der Waals surface area (Å²) in [4.78, 5) is 4.28. The fourth-order valence-electron chi connectivity index (χ4n) is 1.70. The number of hydrogen-bond donors (Lipinski definition) is 1. The lowest BCUT2D eigenvalue weighted by atomic mass is 10.1. The number of anilines is 1. The number of pyridine rings is 1. The highest BCUT2D eigenvalue weighted by Crippen LogP contribution is 2.23. The van der Waals surface area contributed by atoms with Gasteiger partial charge in [0.1, 0.15) is 0 Å². The molecule has 0 atom stereocenters. The zero-order valence-electron chi connectivity index (χ0n) is 7.83. The van der Waals surface area contributed by atoms with Crippen LogP contribution >= 0.6 is 0 Å². The molecule has 0 bridgehead atoms. The molecule has 2 N–H and O–H groups in total. The number of rotatable bonds is 0. The van der Waals surface area contributed by atoms with Gasteiger partial charge in [0, 0.05) is 17.3 Å². The molecule has 0 aliphatic rings. The Hall–Kier alpha value is -1.57. The van der Waals surface area contributed by atoms with Crippen molar-refractivity contribution in [3.05, 3.63) is 35.5 Å². The second-order valence-electron chi connectivity index (χ2n) is 3.38. The molecule has 2 nitrogen and oxygen atoms in total. The summed E-state index contributed by atoms with van der Waals surface area (Å²) in [5.74, 6) is 0. The molecule has 0 saturated carbocycles. The maximum atomic E-state index is 5.87. The molecule has 1 aromatic carbocycles. The average Bonchev–Trinajstić information content (AvgIpc) is 2.02. The molecular formula is C11H12N2. The van der Waals surface area contributed by atoms with Crippen LogP contribution in [0.15, 0.2) is 24.4 Å². The molecule has 0 aliphatic carbocycles. The number of hydrogen-bond acceptors (Lipinski definition) is 2. The van der Waals surface area contributed by atoms with Gasteiger partial charge in [-0.25, -0.2) is 0 Å². The smallest absolute Gasteiger partial charge is 0.0727 e. The summed E-state index contributed by atoms with van der Waals surface area (Å²) in [6, 6.07) is 6.02. The van der Waals surface area contributed by atoms with E-state index >= 15 is 0 Å². The molecule has 2 aromatic rings. The minimum absolute atomic E-state index is 0.808. The van der Waals surface area contributed by atoms with E-state index in [0.717, 1.165) is 16.6 Å². The van der Waals surface area contributed by atoms with E-state index in [4.69, 9.17) is 5.73 Å². The highest BCUT2D eigenvalue weighted by molar-refractivity contribution is 5.93. The second kappa shape index (κ2) is 2.73. The van der Waals surface area contributed by atoms with Crippen LogP contribution in [0.2, 0.25) is 0 Å². The van der Waals surface area contributed by atoms with Gasteiger partial charge in [0.15, 0.2) is 0 Å². The molecule has 0 saturated heterocycles. The minimum Gasteiger partial charge on any atom is -0.398 e. The molecule has 1 aromatic heterocycles. The first-order chi connectivity index (χ1) is 6.18. The number of nitrogens with zero attached hydrogens (tertiary/aromatic N) is 1. The molecule has 2 rings (SSSR count). The van der Waals surface area contributed by atoms with Crippen LogP contribution in [-0.4, -0.2) is 4.98 Å². The van der Waals surface area contributed by atoms with Crippen LogP contribution in [0.25, 0.3) is 10.9 Å². The van der Waals surface area contributed by atoms with Crippen LogP contribution < -0.4 is 5.73 Å². The topological polar surface area (TPSA) is 38.9 Å². The zero-order chi connectivity index (χ0) is 9.42. The number of nitrogens with two attached hydrogens (primary N) is 1. The summed E-state index contributed by atoms with van der Waals surface area (Å²) in [5.41, 5.74) is 10.1. The predicted octanol–water partition coefficient (Wildman–Crippen LogP) is 2.43. The van der Waals surface area contributed by atoms with Crippen molar-refractivity contribution < 1.29 is 0 Å². The van der Waals surface area contributed by atoms with Crippen LogP contribution in [0.3, 0.4) is 0 Å². The SMILES string of the molecule is Cc1cc(C)c2c(N)ccnc2c1. The highest BCUT2D eigenvalue weighted by Gasteiger charge is 2.02. The van der Waals surface area contributed by atoms with E-state index in [1.807, 2.05) is 6.07 Å². The lowest BCUT2D eigenvalue weighted by molar-refractivity contribution is 1.36. The Morgan fingerprint density at radius 2 is 2.00 bits per heavy atom. The fourth-order valence-corrected chi connectivity index (χ4v) is 1.70. The number of nitrogen functional groups attached to an aromatic ring is 1. The average molecular weight is 172 g/mol. The van der Waals surface area contributed by atoms with E-state index in [0.29, 0.717) is 0 Å². The number of aryl methyl sites for hydroxylation is 2.